The zero-order valence-corrected chi connectivity index (χ0v) is 20.2. The Bertz CT molecular complexity index is 1560. The predicted molar refractivity (Wildman–Crippen MR) is 142 cm³/mol. The first-order valence-electron chi connectivity index (χ1n) is 11.7. The van der Waals surface area contributed by atoms with Gasteiger partial charge in [0.15, 0.2) is 0 Å². The fraction of sp³-hybridized carbons (Fsp3) is 0.0667. The van der Waals surface area contributed by atoms with Crippen molar-refractivity contribution in [1.82, 2.24) is 0 Å². The molecule has 0 unspecified atom stereocenters. The highest BCUT2D eigenvalue weighted by Crippen LogP contribution is 2.31. The lowest BCUT2D eigenvalue weighted by molar-refractivity contribution is 0.0924. The Morgan fingerprint density at radius 2 is 1.16 bits per heavy atom. The Balaban J connectivity index is 1.28. The molecule has 4 aromatic carbocycles. The maximum atomic E-state index is 13.1. The summed E-state index contributed by atoms with van der Waals surface area (Å²) in [5.74, 6) is -1.52. The molecule has 37 heavy (non-hydrogen) atoms. The van der Waals surface area contributed by atoms with E-state index in [9.17, 15) is 19.2 Å². The second-order valence-electron chi connectivity index (χ2n) is 8.84. The standard InChI is InChI=1S/C30H23N3O4/c1-18-7-9-20(10-8-18)27(34)31-22-12-14-23(15-13-22)32-28(35)21-11-16-24-25(17-21)30(37)33(29(24)36)26-6-4-3-5-19(26)2/h3-17H,1-2H3,(H,31,34)(H,32,35). The number of nitrogens with zero attached hydrogens (tertiary/aromatic N) is 1. The Morgan fingerprint density at radius 3 is 1.78 bits per heavy atom. The number of carbonyl (C=O) groups is 4. The first-order valence-corrected chi connectivity index (χ1v) is 11.7. The van der Waals surface area contributed by atoms with E-state index in [1.807, 2.05) is 38.1 Å². The highest BCUT2D eigenvalue weighted by Gasteiger charge is 2.37. The van der Waals surface area contributed by atoms with Gasteiger partial charge in [0.25, 0.3) is 23.6 Å². The number of imide groups is 1. The monoisotopic (exact) mass is 489 g/mol. The summed E-state index contributed by atoms with van der Waals surface area (Å²) in [4.78, 5) is 52.4. The first kappa shape index (κ1) is 23.7. The molecule has 0 bridgehead atoms. The van der Waals surface area contributed by atoms with Gasteiger partial charge in [-0.3, -0.25) is 19.2 Å². The molecule has 0 spiro atoms. The largest absolute Gasteiger partial charge is 0.322 e. The van der Waals surface area contributed by atoms with Crippen molar-refractivity contribution in [3.05, 3.63) is 124 Å². The molecule has 2 N–H and O–H groups in total. The number of hydrogen-bond donors (Lipinski definition) is 2. The Labute approximate surface area is 213 Å². The number of amides is 4. The lowest BCUT2D eigenvalue weighted by Crippen LogP contribution is -2.29. The van der Waals surface area contributed by atoms with Crippen LogP contribution in [0.5, 0.6) is 0 Å². The number of anilines is 3. The maximum Gasteiger partial charge on any atom is 0.266 e. The average molecular weight is 490 g/mol. The smallest absolute Gasteiger partial charge is 0.266 e. The summed E-state index contributed by atoms with van der Waals surface area (Å²) < 4.78 is 0. The van der Waals surface area contributed by atoms with Gasteiger partial charge in [0.2, 0.25) is 0 Å². The average Bonchev–Trinajstić information content (AvgIpc) is 3.15. The molecular weight excluding hydrogens is 466 g/mol. The summed E-state index contributed by atoms with van der Waals surface area (Å²) >= 11 is 0. The van der Waals surface area contributed by atoms with Gasteiger partial charge in [-0.2, -0.15) is 0 Å². The lowest BCUT2D eigenvalue weighted by Gasteiger charge is -2.16. The molecule has 0 saturated heterocycles. The number of aryl methyl sites for hydroxylation is 2. The molecule has 0 fully saturated rings. The molecule has 182 valence electrons. The fourth-order valence-corrected chi connectivity index (χ4v) is 4.16. The van der Waals surface area contributed by atoms with Gasteiger partial charge in [-0.05, 0) is 80.1 Å². The highest BCUT2D eigenvalue weighted by molar-refractivity contribution is 6.35. The minimum atomic E-state index is -0.461. The van der Waals surface area contributed by atoms with E-state index in [1.54, 1.807) is 48.5 Å². The van der Waals surface area contributed by atoms with Crippen molar-refractivity contribution in [3.8, 4) is 0 Å². The summed E-state index contributed by atoms with van der Waals surface area (Å²) in [7, 11) is 0. The summed E-state index contributed by atoms with van der Waals surface area (Å²) in [6.07, 6.45) is 0. The van der Waals surface area contributed by atoms with Crippen molar-refractivity contribution in [2.75, 3.05) is 15.5 Å². The van der Waals surface area contributed by atoms with Crippen molar-refractivity contribution in [1.29, 1.82) is 0 Å². The van der Waals surface area contributed by atoms with Crippen LogP contribution in [0.15, 0.2) is 91.0 Å². The van der Waals surface area contributed by atoms with Crippen molar-refractivity contribution < 1.29 is 19.2 Å². The number of nitrogens with one attached hydrogen (secondary N) is 2. The molecule has 0 radical (unpaired) electrons. The van der Waals surface area contributed by atoms with Gasteiger partial charge in [0.05, 0.1) is 16.8 Å². The van der Waals surface area contributed by atoms with E-state index >= 15 is 0 Å². The Kier molecular flexibility index (Phi) is 6.11. The van der Waals surface area contributed by atoms with Crippen LogP contribution in [-0.2, 0) is 0 Å². The number of rotatable bonds is 5. The van der Waals surface area contributed by atoms with Crippen molar-refractivity contribution >= 4 is 40.7 Å². The van der Waals surface area contributed by atoms with Crippen LogP contribution in [0.1, 0.15) is 52.6 Å². The summed E-state index contributed by atoms with van der Waals surface area (Å²) in [5, 5.41) is 5.61. The first-order chi connectivity index (χ1) is 17.8. The topological polar surface area (TPSA) is 95.6 Å². The molecule has 0 atom stereocenters. The van der Waals surface area contributed by atoms with Crippen LogP contribution in [0, 0.1) is 13.8 Å². The molecule has 1 aliphatic rings. The Hall–Kier alpha value is -5.04. The normalized spacial score (nSPS) is 12.3. The molecule has 4 aromatic rings. The highest BCUT2D eigenvalue weighted by atomic mass is 16.2. The molecule has 1 heterocycles. The molecule has 7 nitrogen and oxygen atoms in total. The number of carbonyl (C=O) groups excluding carboxylic acids is 4. The molecule has 5 rings (SSSR count). The van der Waals surface area contributed by atoms with Crippen LogP contribution in [0.3, 0.4) is 0 Å². The zero-order chi connectivity index (χ0) is 26.1. The third-order valence-electron chi connectivity index (χ3n) is 6.22. The van der Waals surface area contributed by atoms with Crippen molar-refractivity contribution in [3.63, 3.8) is 0 Å². The fourth-order valence-electron chi connectivity index (χ4n) is 4.16. The summed E-state index contributed by atoms with van der Waals surface area (Å²) in [6, 6.07) is 25.6. The molecule has 4 amide bonds. The van der Waals surface area contributed by atoms with Gasteiger partial charge in [-0.25, -0.2) is 4.90 Å². The minimum absolute atomic E-state index is 0.190. The third kappa shape index (κ3) is 4.62. The maximum absolute atomic E-state index is 13.1. The van der Waals surface area contributed by atoms with E-state index in [4.69, 9.17) is 0 Å². The van der Waals surface area contributed by atoms with Crippen LogP contribution in [-0.4, -0.2) is 23.6 Å². The molecule has 7 heteroatoms. The molecule has 0 aliphatic carbocycles. The van der Waals surface area contributed by atoms with Gasteiger partial charge in [-0.15, -0.1) is 0 Å². The zero-order valence-electron chi connectivity index (χ0n) is 20.2. The van der Waals surface area contributed by atoms with E-state index in [-0.39, 0.29) is 22.6 Å². The summed E-state index contributed by atoms with van der Waals surface area (Å²) in [6.45, 7) is 3.78. The van der Waals surface area contributed by atoms with Gasteiger partial charge >= 0.3 is 0 Å². The van der Waals surface area contributed by atoms with E-state index in [0.717, 1.165) is 16.0 Å². The van der Waals surface area contributed by atoms with Gasteiger partial charge in [0, 0.05) is 22.5 Å². The number of para-hydroxylation sites is 1. The van der Waals surface area contributed by atoms with Crippen LogP contribution in [0.2, 0.25) is 0 Å². The summed E-state index contributed by atoms with van der Waals surface area (Å²) in [5.41, 5.74) is 4.75. The predicted octanol–water partition coefficient (Wildman–Crippen LogP) is 5.61. The van der Waals surface area contributed by atoms with Crippen molar-refractivity contribution in [2.45, 2.75) is 13.8 Å². The van der Waals surface area contributed by atoms with E-state index < -0.39 is 17.7 Å². The molecular formula is C30H23N3O4. The number of benzene rings is 4. The Morgan fingerprint density at radius 1 is 0.622 bits per heavy atom. The molecule has 1 aliphatic heterocycles. The van der Waals surface area contributed by atoms with Crippen LogP contribution < -0.4 is 15.5 Å². The van der Waals surface area contributed by atoms with Crippen LogP contribution in [0.4, 0.5) is 17.1 Å². The SMILES string of the molecule is Cc1ccc(C(=O)Nc2ccc(NC(=O)c3ccc4c(c3)C(=O)N(c3ccccc3C)C4=O)cc2)cc1. The minimum Gasteiger partial charge on any atom is -0.322 e. The quantitative estimate of drug-likeness (QED) is 0.356. The van der Waals surface area contributed by atoms with E-state index in [1.165, 1.54) is 18.2 Å². The second kappa shape index (κ2) is 9.54. The van der Waals surface area contributed by atoms with E-state index in [2.05, 4.69) is 10.6 Å². The number of hydrogen-bond acceptors (Lipinski definition) is 4. The van der Waals surface area contributed by atoms with Crippen molar-refractivity contribution in [2.24, 2.45) is 0 Å². The number of fused-ring (bicyclic) bond motifs is 1. The van der Waals surface area contributed by atoms with E-state index in [0.29, 0.717) is 22.6 Å². The second-order valence-corrected chi connectivity index (χ2v) is 8.84. The van der Waals surface area contributed by atoms with Gasteiger partial charge in [0.1, 0.15) is 0 Å². The van der Waals surface area contributed by atoms with Gasteiger partial charge < -0.3 is 10.6 Å². The van der Waals surface area contributed by atoms with Crippen LogP contribution in [0.25, 0.3) is 0 Å². The molecule has 0 aromatic heterocycles. The third-order valence-corrected chi connectivity index (χ3v) is 6.22. The lowest BCUT2D eigenvalue weighted by atomic mass is 10.1. The van der Waals surface area contributed by atoms with Crippen LogP contribution >= 0.6 is 0 Å². The molecule has 0 saturated carbocycles. The van der Waals surface area contributed by atoms with Gasteiger partial charge in [-0.1, -0.05) is 35.9 Å².